The minimum absolute atomic E-state index is 0.143. The normalized spacial score (nSPS) is 10.6. The van der Waals surface area contributed by atoms with Crippen molar-refractivity contribution in [2.24, 2.45) is 0 Å². The van der Waals surface area contributed by atoms with Crippen LogP contribution in [-0.4, -0.2) is 36.1 Å². The topological polar surface area (TPSA) is 67.4 Å². The van der Waals surface area contributed by atoms with E-state index in [-0.39, 0.29) is 12.5 Å². The molecule has 3 aromatic carbocycles. The summed E-state index contributed by atoms with van der Waals surface area (Å²) < 4.78 is 5.34. The van der Waals surface area contributed by atoms with Crippen molar-refractivity contribution in [3.63, 3.8) is 0 Å². The van der Waals surface area contributed by atoms with Crippen molar-refractivity contribution in [1.29, 1.82) is 0 Å². The van der Waals surface area contributed by atoms with Gasteiger partial charge in [-0.1, -0.05) is 54.6 Å². The van der Waals surface area contributed by atoms with E-state index in [9.17, 15) is 4.79 Å². The van der Waals surface area contributed by atoms with Crippen molar-refractivity contribution >= 4 is 28.3 Å². The highest BCUT2D eigenvalue weighted by Gasteiger charge is 2.18. The number of methoxy groups -OCH3 is 1. The lowest BCUT2D eigenvalue weighted by Gasteiger charge is -2.23. The fourth-order valence-electron chi connectivity index (χ4n) is 3.46. The molecule has 31 heavy (non-hydrogen) atoms. The summed E-state index contributed by atoms with van der Waals surface area (Å²) >= 11 is 0. The number of nitrogens with one attached hydrogen (secondary N) is 1. The molecule has 0 aliphatic heterocycles. The average Bonchev–Trinajstić information content (AvgIpc) is 2.83. The van der Waals surface area contributed by atoms with Crippen LogP contribution >= 0.6 is 0 Å². The third-order valence-corrected chi connectivity index (χ3v) is 5.01. The summed E-state index contributed by atoms with van der Waals surface area (Å²) in [5.74, 6) is 1.85. The Bertz CT molecular complexity index is 1190. The van der Waals surface area contributed by atoms with E-state index in [0.29, 0.717) is 23.8 Å². The molecule has 4 rings (SSSR count). The summed E-state index contributed by atoms with van der Waals surface area (Å²) in [6.45, 7) is 2.79. The van der Waals surface area contributed by atoms with Gasteiger partial charge < -0.3 is 15.0 Å². The number of rotatable bonds is 7. The molecule has 1 aromatic heterocycles. The summed E-state index contributed by atoms with van der Waals surface area (Å²) in [4.78, 5) is 24.4. The van der Waals surface area contributed by atoms with E-state index in [1.807, 2.05) is 90.7 Å². The van der Waals surface area contributed by atoms with E-state index < -0.39 is 0 Å². The Hall–Kier alpha value is -3.93. The van der Waals surface area contributed by atoms with Crippen LogP contribution in [0.4, 0.5) is 11.5 Å². The molecular formula is C25H24N4O2. The molecule has 0 saturated carbocycles. The fourth-order valence-corrected chi connectivity index (χ4v) is 3.46. The number of ether oxygens (including phenoxy) is 1. The zero-order chi connectivity index (χ0) is 21.6. The van der Waals surface area contributed by atoms with Crippen molar-refractivity contribution in [3.8, 4) is 17.1 Å². The molecule has 0 aliphatic rings. The zero-order valence-corrected chi connectivity index (χ0v) is 17.6. The van der Waals surface area contributed by atoms with Gasteiger partial charge in [0.15, 0.2) is 5.82 Å². The molecule has 0 bridgehead atoms. The fraction of sp³-hybridized carbons (Fsp3) is 0.160. The number of carbonyl (C=O) groups excluding carboxylic acids is 1. The lowest BCUT2D eigenvalue weighted by atomic mass is 10.1. The zero-order valence-electron chi connectivity index (χ0n) is 17.6. The first-order valence-corrected chi connectivity index (χ1v) is 10.2. The number of hydrogen-bond donors (Lipinski definition) is 1. The van der Waals surface area contributed by atoms with Gasteiger partial charge in [0.1, 0.15) is 11.6 Å². The highest BCUT2D eigenvalue weighted by molar-refractivity contribution is 5.97. The number of carbonyl (C=O) groups is 1. The molecule has 0 unspecified atom stereocenters. The Balaban J connectivity index is 1.67. The first-order valence-electron chi connectivity index (χ1n) is 10.2. The van der Waals surface area contributed by atoms with Gasteiger partial charge in [-0.3, -0.25) is 4.79 Å². The van der Waals surface area contributed by atoms with Gasteiger partial charge in [-0.05, 0) is 31.2 Å². The van der Waals surface area contributed by atoms with Crippen LogP contribution in [0.1, 0.15) is 6.92 Å². The van der Waals surface area contributed by atoms with E-state index in [1.165, 1.54) is 0 Å². The molecule has 0 atom stereocenters. The largest absolute Gasteiger partial charge is 0.495 e. The molecule has 0 fully saturated rings. The molecule has 1 amide bonds. The van der Waals surface area contributed by atoms with Gasteiger partial charge in [0, 0.05) is 17.5 Å². The maximum atomic E-state index is 12.9. The smallest absolute Gasteiger partial charge is 0.244 e. The second-order valence-corrected chi connectivity index (χ2v) is 7.02. The van der Waals surface area contributed by atoms with Crippen LogP contribution in [0.2, 0.25) is 0 Å². The van der Waals surface area contributed by atoms with E-state index >= 15 is 0 Å². The SMILES string of the molecule is CCN(CC(=O)Nc1ccccc1OC)c1nc(-c2ccccc2)nc2ccccc12. The molecule has 0 radical (unpaired) electrons. The lowest BCUT2D eigenvalue weighted by molar-refractivity contribution is -0.115. The molecule has 0 aliphatic carbocycles. The average molecular weight is 412 g/mol. The van der Waals surface area contributed by atoms with Crippen molar-refractivity contribution in [1.82, 2.24) is 9.97 Å². The van der Waals surface area contributed by atoms with Crippen LogP contribution < -0.4 is 15.0 Å². The molecule has 0 spiro atoms. The van der Waals surface area contributed by atoms with Gasteiger partial charge in [0.05, 0.1) is 24.9 Å². The summed E-state index contributed by atoms with van der Waals surface area (Å²) in [5, 5.41) is 3.85. The van der Waals surface area contributed by atoms with Gasteiger partial charge in [0.25, 0.3) is 0 Å². The van der Waals surface area contributed by atoms with Crippen LogP contribution in [-0.2, 0) is 4.79 Å². The number of benzene rings is 3. The number of nitrogens with zero attached hydrogens (tertiary/aromatic N) is 3. The molecular weight excluding hydrogens is 388 g/mol. The summed E-state index contributed by atoms with van der Waals surface area (Å²) in [5.41, 5.74) is 2.42. The van der Waals surface area contributed by atoms with Crippen LogP contribution in [0.15, 0.2) is 78.9 Å². The van der Waals surface area contributed by atoms with Gasteiger partial charge in [-0.2, -0.15) is 0 Å². The Morgan fingerprint density at radius 3 is 2.42 bits per heavy atom. The summed E-state index contributed by atoms with van der Waals surface area (Å²) in [6, 6.07) is 25.1. The number of anilines is 2. The third-order valence-electron chi connectivity index (χ3n) is 5.01. The lowest BCUT2D eigenvalue weighted by Crippen LogP contribution is -2.34. The van der Waals surface area contributed by atoms with Gasteiger partial charge in [-0.25, -0.2) is 9.97 Å². The highest BCUT2D eigenvalue weighted by Crippen LogP contribution is 2.28. The Kier molecular flexibility index (Phi) is 6.08. The van der Waals surface area contributed by atoms with E-state index in [0.717, 1.165) is 22.3 Å². The van der Waals surface area contributed by atoms with Gasteiger partial charge in [0.2, 0.25) is 5.91 Å². The van der Waals surface area contributed by atoms with Crippen molar-refractivity contribution < 1.29 is 9.53 Å². The van der Waals surface area contributed by atoms with Crippen LogP contribution in [0, 0.1) is 0 Å². The molecule has 156 valence electrons. The van der Waals surface area contributed by atoms with Gasteiger partial charge >= 0.3 is 0 Å². The predicted octanol–water partition coefficient (Wildman–Crippen LogP) is 4.77. The van der Waals surface area contributed by atoms with Crippen molar-refractivity contribution in [2.75, 3.05) is 30.4 Å². The van der Waals surface area contributed by atoms with E-state index in [2.05, 4.69) is 5.32 Å². The number of aromatic nitrogens is 2. The molecule has 4 aromatic rings. The first-order chi connectivity index (χ1) is 15.2. The highest BCUT2D eigenvalue weighted by atomic mass is 16.5. The Morgan fingerprint density at radius 1 is 0.935 bits per heavy atom. The molecule has 6 nitrogen and oxygen atoms in total. The quantitative estimate of drug-likeness (QED) is 0.474. The van der Waals surface area contributed by atoms with E-state index in [4.69, 9.17) is 14.7 Å². The Labute approximate surface area is 181 Å². The second-order valence-electron chi connectivity index (χ2n) is 7.02. The molecule has 1 heterocycles. The Morgan fingerprint density at radius 2 is 1.65 bits per heavy atom. The molecule has 0 saturated heterocycles. The van der Waals surface area contributed by atoms with Crippen molar-refractivity contribution in [3.05, 3.63) is 78.9 Å². The predicted molar refractivity (Wildman–Crippen MR) is 124 cm³/mol. The number of fused-ring (bicyclic) bond motifs is 1. The standard InChI is InChI=1S/C25H24N4O2/c1-3-29(17-23(30)26-21-15-9-10-16-22(21)31-2)25-19-13-7-8-14-20(19)27-24(28-25)18-11-5-4-6-12-18/h4-16H,3,17H2,1-2H3,(H,26,30). The maximum absolute atomic E-state index is 12.9. The second kappa shape index (κ2) is 9.26. The number of amides is 1. The number of likely N-dealkylation sites (N-methyl/N-ethyl adjacent to an activating group) is 1. The number of hydrogen-bond acceptors (Lipinski definition) is 5. The first kappa shape index (κ1) is 20.3. The maximum Gasteiger partial charge on any atom is 0.244 e. The molecule has 6 heteroatoms. The van der Waals surface area contributed by atoms with Crippen LogP contribution in [0.5, 0.6) is 5.75 Å². The summed E-state index contributed by atoms with van der Waals surface area (Å²) in [6.07, 6.45) is 0. The van der Waals surface area contributed by atoms with Crippen LogP contribution in [0.3, 0.4) is 0 Å². The molecule has 1 N–H and O–H groups in total. The minimum Gasteiger partial charge on any atom is -0.495 e. The third kappa shape index (κ3) is 4.48. The van der Waals surface area contributed by atoms with Crippen LogP contribution in [0.25, 0.3) is 22.3 Å². The minimum atomic E-state index is -0.143. The monoisotopic (exact) mass is 412 g/mol. The van der Waals surface area contributed by atoms with Gasteiger partial charge in [-0.15, -0.1) is 0 Å². The van der Waals surface area contributed by atoms with E-state index in [1.54, 1.807) is 7.11 Å². The van der Waals surface area contributed by atoms with Crippen molar-refractivity contribution in [2.45, 2.75) is 6.92 Å². The summed E-state index contributed by atoms with van der Waals surface area (Å²) in [7, 11) is 1.58. The number of para-hydroxylation sites is 3.